The number of hydrogen-bond donors (Lipinski definition) is 2. The van der Waals surface area contributed by atoms with Crippen molar-refractivity contribution in [2.75, 3.05) is 13.1 Å². The van der Waals surface area contributed by atoms with E-state index in [0.29, 0.717) is 13.1 Å². The van der Waals surface area contributed by atoms with Gasteiger partial charge in [0.2, 0.25) is 15.5 Å². The molecule has 0 radical (unpaired) electrons. The van der Waals surface area contributed by atoms with Crippen molar-refractivity contribution >= 4 is 49.7 Å². The fraction of sp³-hybridized carbons (Fsp3) is 0.455. The van der Waals surface area contributed by atoms with Crippen molar-refractivity contribution in [3.05, 3.63) is 29.8 Å². The number of hydrogen-bond acceptors (Lipinski definition) is 5. The summed E-state index contributed by atoms with van der Waals surface area (Å²) in [5, 5.41) is 9.62. The first-order valence-electron chi connectivity index (χ1n) is 5.98. The van der Waals surface area contributed by atoms with Crippen LogP contribution in [0.3, 0.4) is 0 Å². The van der Waals surface area contributed by atoms with Crippen molar-refractivity contribution in [3.8, 4) is 0 Å². The van der Waals surface area contributed by atoms with Crippen LogP contribution in [-0.4, -0.2) is 73.4 Å². The van der Waals surface area contributed by atoms with E-state index in [0.717, 1.165) is 12.8 Å². The van der Waals surface area contributed by atoms with Crippen molar-refractivity contribution in [2.45, 2.75) is 23.2 Å². The maximum absolute atomic E-state index is 12.4. The summed E-state index contributed by atoms with van der Waals surface area (Å²) in [5.41, 5.74) is -2.63. The minimum atomic E-state index is -4.79. The summed E-state index contributed by atoms with van der Waals surface area (Å²) in [5.74, 6) is 0. The van der Waals surface area contributed by atoms with Gasteiger partial charge in [-0.1, -0.05) is 18.2 Å². The van der Waals surface area contributed by atoms with Gasteiger partial charge in [0, 0.05) is 18.7 Å². The Bertz CT molecular complexity index is 697. The molecule has 0 aliphatic carbocycles. The van der Waals surface area contributed by atoms with Gasteiger partial charge in [0.15, 0.2) is 0 Å². The van der Waals surface area contributed by atoms with E-state index in [9.17, 15) is 21.9 Å². The van der Waals surface area contributed by atoms with Gasteiger partial charge in [0.25, 0.3) is 10.1 Å². The van der Waals surface area contributed by atoms with Crippen LogP contribution in [-0.2, 0) is 20.1 Å². The second-order valence-corrected chi connectivity index (χ2v) is 7.90. The zero-order valence-electron chi connectivity index (χ0n) is 10.5. The Kier molecular flexibility index (Phi) is 6.40. The third kappa shape index (κ3) is 4.05. The van der Waals surface area contributed by atoms with Crippen molar-refractivity contribution in [3.63, 3.8) is 0 Å². The number of sulfonamides is 1. The second-order valence-electron chi connectivity index (χ2n) is 4.52. The third-order valence-electron chi connectivity index (χ3n) is 3.15. The molecular weight excluding hydrogens is 329 g/mol. The number of benzene rings is 1. The van der Waals surface area contributed by atoms with Gasteiger partial charge in [0.05, 0.1) is 4.90 Å². The molecule has 0 bridgehead atoms. The maximum atomic E-state index is 12.4. The van der Waals surface area contributed by atoms with E-state index in [-0.39, 0.29) is 40.0 Å². The van der Waals surface area contributed by atoms with Crippen LogP contribution in [0.15, 0.2) is 29.2 Å². The Balaban J connectivity index is 0.00000220. The fourth-order valence-corrected chi connectivity index (χ4v) is 4.49. The summed E-state index contributed by atoms with van der Waals surface area (Å²) in [6.07, 6.45) is 1.48. The molecule has 1 fully saturated rings. The van der Waals surface area contributed by atoms with Gasteiger partial charge in [-0.15, -0.1) is 0 Å². The number of aliphatic hydroxyl groups is 1. The summed E-state index contributed by atoms with van der Waals surface area (Å²) < 4.78 is 57.1. The van der Waals surface area contributed by atoms with Gasteiger partial charge >= 0.3 is 29.6 Å². The molecule has 2 N–H and O–H groups in total. The Hall–Kier alpha value is 0. The summed E-state index contributed by atoms with van der Waals surface area (Å²) in [7, 11) is -8.67. The summed E-state index contributed by atoms with van der Waals surface area (Å²) in [6.45, 7) is 0.720. The number of nitrogens with zero attached hydrogens (tertiary/aromatic N) is 1. The first kappa shape index (κ1) is 19.0. The first-order valence-corrected chi connectivity index (χ1v) is 8.92. The molecule has 1 unspecified atom stereocenters. The third-order valence-corrected chi connectivity index (χ3v) is 5.94. The van der Waals surface area contributed by atoms with Gasteiger partial charge in [-0.05, 0) is 18.9 Å². The minimum absolute atomic E-state index is 0. The Labute approximate surface area is 146 Å². The predicted octanol–water partition coefficient (Wildman–Crippen LogP) is -0.299. The van der Waals surface area contributed by atoms with E-state index < -0.39 is 25.6 Å². The van der Waals surface area contributed by atoms with Crippen molar-refractivity contribution < 1.29 is 26.5 Å². The Morgan fingerprint density at radius 2 is 1.57 bits per heavy atom. The molecule has 1 aromatic rings. The van der Waals surface area contributed by atoms with Crippen molar-refractivity contribution in [1.82, 2.24) is 4.31 Å². The normalized spacial score (nSPS) is 18.2. The molecule has 1 atom stereocenters. The number of rotatable bonds is 4. The molecule has 1 saturated heterocycles. The molecule has 1 aromatic carbocycles. The van der Waals surface area contributed by atoms with Crippen molar-refractivity contribution in [2.24, 2.45) is 0 Å². The molecule has 1 aliphatic heterocycles. The van der Waals surface area contributed by atoms with Crippen LogP contribution < -0.4 is 0 Å². The van der Waals surface area contributed by atoms with E-state index in [1.54, 1.807) is 0 Å². The molecule has 0 saturated carbocycles. The van der Waals surface area contributed by atoms with Crippen LogP contribution in [0.2, 0.25) is 0 Å². The van der Waals surface area contributed by atoms with Crippen LogP contribution in [0.4, 0.5) is 0 Å². The second kappa shape index (κ2) is 7.05. The molecule has 10 heteroatoms. The summed E-state index contributed by atoms with van der Waals surface area (Å²) >= 11 is 0. The molecule has 1 heterocycles. The number of aliphatic hydroxyl groups excluding tert-OH is 1. The summed E-state index contributed by atoms with van der Waals surface area (Å²) in [4.78, 5) is -0.299. The average Bonchev–Trinajstić information content (AvgIpc) is 2.91. The zero-order chi connectivity index (χ0) is 15.0. The fourth-order valence-electron chi connectivity index (χ4n) is 2.15. The predicted molar refractivity (Wildman–Crippen MR) is 78.1 cm³/mol. The van der Waals surface area contributed by atoms with Gasteiger partial charge in [-0.3, -0.25) is 4.55 Å². The molecule has 7 nitrogen and oxygen atoms in total. The molecule has 0 amide bonds. The van der Waals surface area contributed by atoms with Gasteiger partial charge in [-0.25, -0.2) is 8.42 Å². The molecule has 1 aliphatic rings. The molecule has 2 rings (SSSR count). The topological polar surface area (TPSA) is 112 Å². The Morgan fingerprint density at radius 1 is 1.05 bits per heavy atom. The Morgan fingerprint density at radius 3 is 2.10 bits per heavy atom. The van der Waals surface area contributed by atoms with Crippen LogP contribution >= 0.6 is 0 Å². The van der Waals surface area contributed by atoms with Crippen LogP contribution in [0.25, 0.3) is 0 Å². The van der Waals surface area contributed by atoms with Gasteiger partial charge in [-0.2, -0.15) is 12.7 Å². The standard InChI is InChI=1S/C11H15NO6S2.Na.H/c13-11(20(16,17)18)9-5-1-2-6-10(9)19(14,15)12-7-3-4-8-12;;/h1-2,5-6,11,13H,3-4,7-8H2,(H,16,17,18);;. The molecule has 0 spiro atoms. The average molecular weight is 345 g/mol. The summed E-state index contributed by atoms with van der Waals surface area (Å²) in [6, 6.07) is 5.22. The van der Waals surface area contributed by atoms with E-state index in [4.69, 9.17) is 4.55 Å². The molecular formula is C11H16NNaO6S2. The van der Waals surface area contributed by atoms with E-state index in [1.165, 1.54) is 28.6 Å². The molecule has 0 aromatic heterocycles. The monoisotopic (exact) mass is 345 g/mol. The quantitative estimate of drug-likeness (QED) is 0.572. The first-order chi connectivity index (χ1) is 9.24. The molecule has 114 valence electrons. The van der Waals surface area contributed by atoms with Gasteiger partial charge in [0.1, 0.15) is 0 Å². The van der Waals surface area contributed by atoms with Gasteiger partial charge < -0.3 is 5.11 Å². The van der Waals surface area contributed by atoms with E-state index in [2.05, 4.69) is 0 Å². The van der Waals surface area contributed by atoms with Crippen LogP contribution in [0.1, 0.15) is 23.8 Å². The van der Waals surface area contributed by atoms with Crippen LogP contribution in [0, 0.1) is 0 Å². The van der Waals surface area contributed by atoms with Crippen molar-refractivity contribution in [1.29, 1.82) is 0 Å². The SMILES string of the molecule is O=S(=O)(O)C(O)c1ccccc1S(=O)(=O)N1CCCC1.[NaH]. The van der Waals surface area contributed by atoms with Crippen LogP contribution in [0.5, 0.6) is 0 Å². The zero-order valence-corrected chi connectivity index (χ0v) is 12.1. The van der Waals surface area contributed by atoms with E-state index >= 15 is 0 Å². The van der Waals surface area contributed by atoms with E-state index in [1.807, 2.05) is 0 Å². The molecule has 21 heavy (non-hydrogen) atoms.